The summed E-state index contributed by atoms with van der Waals surface area (Å²) < 4.78 is 14.8. The minimum atomic E-state index is -1.20. The second-order valence-electron chi connectivity index (χ2n) is 6.35. The number of nitrogens with one attached hydrogen (secondary N) is 1. The Hall–Kier alpha value is -4.34. The average Bonchev–Trinajstić information content (AvgIpc) is 3.16. The number of aromatic nitrogens is 4. The van der Waals surface area contributed by atoms with Gasteiger partial charge in [-0.25, -0.2) is 19.7 Å². The first-order chi connectivity index (χ1) is 14.4. The summed E-state index contributed by atoms with van der Waals surface area (Å²) in [5, 5.41) is 10.9. The van der Waals surface area contributed by atoms with Crippen LogP contribution in [-0.2, 0) is 0 Å². The van der Waals surface area contributed by atoms with Crippen LogP contribution < -0.4 is 10.2 Å². The highest BCUT2D eigenvalue weighted by Crippen LogP contribution is 2.23. The Labute approximate surface area is 169 Å². The van der Waals surface area contributed by atoms with Gasteiger partial charge in [0.15, 0.2) is 0 Å². The number of fused-ring (bicyclic) bond motifs is 1. The fourth-order valence-electron chi connectivity index (χ4n) is 2.93. The highest BCUT2D eigenvalue weighted by Gasteiger charge is 2.16. The van der Waals surface area contributed by atoms with Crippen LogP contribution in [0.2, 0.25) is 0 Å². The summed E-state index contributed by atoms with van der Waals surface area (Å²) in [5.41, 5.74) is 2.85. The second-order valence-corrected chi connectivity index (χ2v) is 6.35. The number of carbonyl (C=O) groups excluding carboxylic acids is 1. The molecule has 0 fully saturated rings. The van der Waals surface area contributed by atoms with Crippen LogP contribution >= 0.6 is 0 Å². The van der Waals surface area contributed by atoms with E-state index < -0.39 is 12.0 Å². The molecule has 0 bridgehead atoms. The molecule has 9 nitrogen and oxygen atoms in total. The molecule has 10 heteroatoms. The van der Waals surface area contributed by atoms with E-state index in [0.717, 1.165) is 0 Å². The first kappa shape index (κ1) is 19.0. The Morgan fingerprint density at radius 2 is 1.87 bits per heavy atom. The average molecular weight is 406 g/mol. The van der Waals surface area contributed by atoms with Crippen molar-refractivity contribution in [2.24, 2.45) is 0 Å². The van der Waals surface area contributed by atoms with Crippen LogP contribution in [0.5, 0.6) is 0 Å². The van der Waals surface area contributed by atoms with Crippen LogP contribution in [0.25, 0.3) is 16.9 Å². The molecular weight excluding hydrogens is 391 g/mol. The summed E-state index contributed by atoms with van der Waals surface area (Å²) in [4.78, 5) is 36.9. The zero-order valence-electron chi connectivity index (χ0n) is 15.7. The maximum Gasteiger partial charge on any atom is 0.410 e. The van der Waals surface area contributed by atoms with E-state index in [2.05, 4.69) is 20.3 Å². The van der Waals surface area contributed by atoms with E-state index in [1.165, 1.54) is 35.5 Å². The van der Waals surface area contributed by atoms with Crippen LogP contribution in [0.3, 0.4) is 0 Å². The van der Waals surface area contributed by atoms with Gasteiger partial charge >= 0.3 is 6.09 Å². The van der Waals surface area contributed by atoms with Crippen LogP contribution in [0, 0.1) is 5.95 Å². The lowest BCUT2D eigenvalue weighted by Gasteiger charge is -2.17. The van der Waals surface area contributed by atoms with Crippen molar-refractivity contribution in [2.75, 3.05) is 17.3 Å². The van der Waals surface area contributed by atoms with Crippen molar-refractivity contribution >= 4 is 29.2 Å². The summed E-state index contributed by atoms with van der Waals surface area (Å²) in [6.07, 6.45) is 4.88. The number of hydrogen-bond acceptors (Lipinski definition) is 5. The fraction of sp³-hybridized carbons (Fsp3) is 0.0500. The number of hydrogen-bond donors (Lipinski definition) is 2. The normalized spacial score (nSPS) is 10.7. The van der Waals surface area contributed by atoms with Crippen LogP contribution in [0.4, 0.5) is 20.7 Å². The molecule has 4 aromatic rings. The van der Waals surface area contributed by atoms with Gasteiger partial charge < -0.3 is 10.0 Å². The number of nitrogens with zero attached hydrogens (tertiary/aromatic N) is 5. The summed E-state index contributed by atoms with van der Waals surface area (Å²) in [6, 6.07) is 9.26. The number of imidazole rings is 1. The second kappa shape index (κ2) is 7.59. The monoisotopic (exact) mass is 406 g/mol. The van der Waals surface area contributed by atoms with Crippen molar-refractivity contribution in [1.82, 2.24) is 19.4 Å². The number of halogens is 1. The third-order valence-corrected chi connectivity index (χ3v) is 4.45. The molecule has 2 N–H and O–H groups in total. The molecule has 0 aromatic carbocycles. The predicted octanol–water partition coefficient (Wildman–Crippen LogP) is 3.30. The molecule has 30 heavy (non-hydrogen) atoms. The van der Waals surface area contributed by atoms with E-state index in [9.17, 15) is 14.0 Å². The van der Waals surface area contributed by atoms with Crippen molar-refractivity contribution in [2.45, 2.75) is 0 Å². The standard InChI is InChI=1S/C20H15FN6O3/c1-26(14-4-5-16(21)22-9-14)19(28)13-3-7-18-24-10-15(27(18)11-13)12-2-6-17(23-8-12)25-20(29)30/h2-11H,1H3,(H,23,25)(H,29,30). The van der Waals surface area contributed by atoms with Crippen molar-refractivity contribution in [1.29, 1.82) is 0 Å². The van der Waals surface area contributed by atoms with Crippen LogP contribution in [-0.4, -0.2) is 43.5 Å². The Balaban J connectivity index is 1.66. The van der Waals surface area contributed by atoms with Gasteiger partial charge in [-0.15, -0.1) is 0 Å². The fourth-order valence-corrected chi connectivity index (χ4v) is 2.93. The molecule has 0 aliphatic heterocycles. The van der Waals surface area contributed by atoms with Crippen molar-refractivity contribution in [3.05, 3.63) is 72.7 Å². The van der Waals surface area contributed by atoms with Gasteiger partial charge in [-0.05, 0) is 36.4 Å². The van der Waals surface area contributed by atoms with Gasteiger partial charge in [0.25, 0.3) is 5.91 Å². The van der Waals surface area contributed by atoms with E-state index in [-0.39, 0.29) is 11.7 Å². The number of anilines is 2. The molecule has 0 saturated heterocycles. The lowest BCUT2D eigenvalue weighted by atomic mass is 10.2. The smallest absolute Gasteiger partial charge is 0.410 e. The molecule has 0 atom stereocenters. The molecule has 0 spiro atoms. The molecule has 4 aromatic heterocycles. The molecule has 0 aliphatic carbocycles. The van der Waals surface area contributed by atoms with Gasteiger partial charge in [-0.2, -0.15) is 4.39 Å². The minimum absolute atomic E-state index is 0.200. The molecule has 150 valence electrons. The van der Waals surface area contributed by atoms with Crippen molar-refractivity contribution in [3.8, 4) is 11.3 Å². The zero-order valence-corrected chi connectivity index (χ0v) is 15.7. The third kappa shape index (κ3) is 3.65. The Bertz CT molecular complexity index is 1240. The lowest BCUT2D eigenvalue weighted by molar-refractivity contribution is 0.0992. The Morgan fingerprint density at radius 3 is 2.53 bits per heavy atom. The third-order valence-electron chi connectivity index (χ3n) is 4.45. The van der Waals surface area contributed by atoms with Crippen LogP contribution in [0.15, 0.2) is 61.2 Å². The Morgan fingerprint density at radius 1 is 1.03 bits per heavy atom. The Kier molecular flexibility index (Phi) is 4.80. The van der Waals surface area contributed by atoms with E-state index in [1.54, 1.807) is 42.0 Å². The molecule has 4 rings (SSSR count). The molecular formula is C20H15FN6O3. The topological polar surface area (TPSA) is 113 Å². The number of pyridine rings is 3. The van der Waals surface area contributed by atoms with Gasteiger partial charge in [0, 0.05) is 25.0 Å². The summed E-state index contributed by atoms with van der Waals surface area (Å²) in [7, 11) is 1.58. The molecule has 4 heterocycles. The van der Waals surface area contributed by atoms with E-state index in [1.807, 2.05) is 0 Å². The maximum absolute atomic E-state index is 13.0. The molecule has 0 radical (unpaired) electrons. The SMILES string of the molecule is CN(C(=O)c1ccc2ncc(-c3ccc(NC(=O)O)nc3)n2c1)c1ccc(F)nc1. The van der Waals surface area contributed by atoms with Gasteiger partial charge in [-0.1, -0.05) is 0 Å². The predicted molar refractivity (Wildman–Crippen MR) is 107 cm³/mol. The number of carboxylic acid groups (broad SMARTS) is 1. The van der Waals surface area contributed by atoms with E-state index in [0.29, 0.717) is 28.2 Å². The minimum Gasteiger partial charge on any atom is -0.465 e. The number of carbonyl (C=O) groups is 2. The lowest BCUT2D eigenvalue weighted by Crippen LogP contribution is -2.26. The van der Waals surface area contributed by atoms with Gasteiger partial charge in [0.2, 0.25) is 5.95 Å². The summed E-state index contributed by atoms with van der Waals surface area (Å²) in [5.74, 6) is -0.725. The van der Waals surface area contributed by atoms with Crippen molar-refractivity contribution in [3.63, 3.8) is 0 Å². The first-order valence-corrected chi connectivity index (χ1v) is 8.75. The molecule has 0 saturated carbocycles. The van der Waals surface area contributed by atoms with Crippen molar-refractivity contribution < 1.29 is 19.1 Å². The van der Waals surface area contributed by atoms with Gasteiger partial charge in [0.05, 0.1) is 29.3 Å². The molecule has 2 amide bonds. The first-order valence-electron chi connectivity index (χ1n) is 8.75. The zero-order chi connectivity index (χ0) is 21.3. The van der Waals surface area contributed by atoms with Gasteiger partial charge in [-0.3, -0.25) is 14.5 Å². The number of amides is 2. The highest BCUT2D eigenvalue weighted by atomic mass is 19.1. The maximum atomic E-state index is 13.0. The quantitative estimate of drug-likeness (QED) is 0.503. The summed E-state index contributed by atoms with van der Waals surface area (Å²) in [6.45, 7) is 0. The van der Waals surface area contributed by atoms with Crippen LogP contribution in [0.1, 0.15) is 10.4 Å². The van der Waals surface area contributed by atoms with E-state index >= 15 is 0 Å². The summed E-state index contributed by atoms with van der Waals surface area (Å²) >= 11 is 0. The largest absolute Gasteiger partial charge is 0.465 e. The number of rotatable bonds is 4. The molecule has 0 aliphatic rings. The highest BCUT2D eigenvalue weighted by molar-refractivity contribution is 6.05. The van der Waals surface area contributed by atoms with Gasteiger partial charge in [0.1, 0.15) is 11.5 Å². The van der Waals surface area contributed by atoms with E-state index in [4.69, 9.17) is 5.11 Å². The molecule has 0 unspecified atom stereocenters.